The van der Waals surface area contributed by atoms with E-state index in [0.29, 0.717) is 43.7 Å². The van der Waals surface area contributed by atoms with Gasteiger partial charge >= 0.3 is 5.97 Å². The highest BCUT2D eigenvalue weighted by Crippen LogP contribution is 2.31. The molecule has 0 saturated heterocycles. The Morgan fingerprint density at radius 1 is 1.07 bits per heavy atom. The average molecular weight is 575 g/mol. The zero-order chi connectivity index (χ0) is 28.2. The third-order valence-electron chi connectivity index (χ3n) is 6.43. The van der Waals surface area contributed by atoms with E-state index in [1.165, 1.54) is 11.3 Å². The van der Waals surface area contributed by atoms with E-state index in [2.05, 4.69) is 4.99 Å². The summed E-state index contributed by atoms with van der Waals surface area (Å²) in [6.07, 6.45) is 1.79. The molecule has 0 amide bonds. The van der Waals surface area contributed by atoms with Gasteiger partial charge in [-0.2, -0.15) is 0 Å². The molecule has 4 aromatic rings. The van der Waals surface area contributed by atoms with Gasteiger partial charge in [0.1, 0.15) is 6.61 Å². The van der Waals surface area contributed by atoms with Gasteiger partial charge in [0.2, 0.25) is 0 Å². The number of benzene rings is 3. The number of carbonyl (C=O) groups is 1. The van der Waals surface area contributed by atoms with Crippen LogP contribution in [-0.2, 0) is 16.1 Å². The minimum Gasteiger partial charge on any atom is -0.493 e. The van der Waals surface area contributed by atoms with E-state index in [9.17, 15) is 9.59 Å². The molecule has 1 aliphatic heterocycles. The summed E-state index contributed by atoms with van der Waals surface area (Å²) in [5.74, 6) is 0.638. The van der Waals surface area contributed by atoms with Crippen molar-refractivity contribution in [2.75, 3.05) is 13.7 Å². The van der Waals surface area contributed by atoms with E-state index in [1.807, 2.05) is 72.8 Å². The molecule has 0 spiro atoms. The number of methoxy groups -OCH3 is 1. The van der Waals surface area contributed by atoms with Crippen LogP contribution in [0.2, 0.25) is 5.02 Å². The standard InChI is InChI=1S/C31H27ClN2O5S/c1-4-38-30(36)27-19(2)33-31-34(28(27)22-8-6-5-7-9-22)29(35)26(40-31)17-21-12-15-24(25(16-21)37-3)39-18-20-10-13-23(32)14-11-20/h5-17,28H,4,18H2,1-3H3/b26-17-. The maximum atomic E-state index is 13.8. The highest BCUT2D eigenvalue weighted by molar-refractivity contribution is 7.07. The second-order valence-electron chi connectivity index (χ2n) is 9.04. The smallest absolute Gasteiger partial charge is 0.338 e. The number of thiazole rings is 1. The first-order valence-corrected chi connectivity index (χ1v) is 13.9. The first-order valence-electron chi connectivity index (χ1n) is 12.7. The number of aromatic nitrogens is 1. The summed E-state index contributed by atoms with van der Waals surface area (Å²) >= 11 is 7.24. The molecular weight excluding hydrogens is 548 g/mol. The topological polar surface area (TPSA) is 79.1 Å². The summed E-state index contributed by atoms with van der Waals surface area (Å²) in [5.41, 5.74) is 3.19. The molecule has 1 unspecified atom stereocenters. The lowest BCUT2D eigenvalue weighted by Crippen LogP contribution is -2.39. The fraction of sp³-hybridized carbons (Fsp3) is 0.194. The number of halogens is 1. The first-order chi connectivity index (χ1) is 19.4. The van der Waals surface area contributed by atoms with Crippen molar-refractivity contribution in [2.45, 2.75) is 26.5 Å². The quantitative estimate of drug-likeness (QED) is 0.276. The fourth-order valence-electron chi connectivity index (χ4n) is 4.53. The van der Waals surface area contributed by atoms with Gasteiger partial charge in [-0.1, -0.05) is 71.5 Å². The molecule has 0 fully saturated rings. The SMILES string of the molecule is CCOC(=O)C1=C(C)N=c2s/c(=C\c3ccc(OCc4ccc(Cl)cc4)c(OC)c3)c(=O)n2C1c1ccccc1. The normalized spacial score (nSPS) is 14.9. The number of esters is 1. The fourth-order valence-corrected chi connectivity index (χ4v) is 5.70. The summed E-state index contributed by atoms with van der Waals surface area (Å²) in [7, 11) is 1.57. The van der Waals surface area contributed by atoms with Crippen molar-refractivity contribution in [2.24, 2.45) is 4.99 Å². The maximum Gasteiger partial charge on any atom is 0.338 e. The number of fused-ring (bicyclic) bond motifs is 1. The second-order valence-corrected chi connectivity index (χ2v) is 10.5. The van der Waals surface area contributed by atoms with Crippen LogP contribution in [0, 0.1) is 0 Å². The molecule has 0 saturated carbocycles. The van der Waals surface area contributed by atoms with Crippen molar-refractivity contribution in [3.63, 3.8) is 0 Å². The molecule has 40 heavy (non-hydrogen) atoms. The van der Waals surface area contributed by atoms with Gasteiger partial charge < -0.3 is 14.2 Å². The number of ether oxygens (including phenoxy) is 3. The first kappa shape index (κ1) is 27.4. The van der Waals surface area contributed by atoms with Gasteiger partial charge in [0.15, 0.2) is 16.3 Å². The monoisotopic (exact) mass is 574 g/mol. The lowest BCUT2D eigenvalue weighted by Gasteiger charge is -2.24. The predicted molar refractivity (Wildman–Crippen MR) is 156 cm³/mol. The van der Waals surface area contributed by atoms with Crippen LogP contribution in [0.15, 0.2) is 93.9 Å². The molecule has 5 rings (SSSR count). The minimum absolute atomic E-state index is 0.225. The van der Waals surface area contributed by atoms with Crippen LogP contribution in [0.5, 0.6) is 11.5 Å². The van der Waals surface area contributed by atoms with Gasteiger partial charge in [0.25, 0.3) is 5.56 Å². The van der Waals surface area contributed by atoms with Crippen LogP contribution in [-0.4, -0.2) is 24.3 Å². The van der Waals surface area contributed by atoms with E-state index in [-0.39, 0.29) is 12.2 Å². The highest BCUT2D eigenvalue weighted by Gasteiger charge is 2.33. The summed E-state index contributed by atoms with van der Waals surface area (Å²) in [5, 5.41) is 0.665. The lowest BCUT2D eigenvalue weighted by molar-refractivity contribution is -0.139. The number of rotatable bonds is 8. The number of hydrogen-bond donors (Lipinski definition) is 0. The molecule has 2 heterocycles. The number of hydrogen-bond acceptors (Lipinski definition) is 7. The van der Waals surface area contributed by atoms with Gasteiger partial charge in [0, 0.05) is 5.02 Å². The van der Waals surface area contributed by atoms with Gasteiger partial charge in [0.05, 0.1) is 35.6 Å². The molecule has 0 N–H and O–H groups in total. The predicted octanol–water partition coefficient (Wildman–Crippen LogP) is 5.04. The van der Waals surface area contributed by atoms with Crippen LogP contribution in [0.3, 0.4) is 0 Å². The molecule has 1 atom stereocenters. The molecule has 1 aromatic heterocycles. The van der Waals surface area contributed by atoms with Crippen LogP contribution < -0.4 is 24.4 Å². The van der Waals surface area contributed by atoms with Crippen molar-refractivity contribution in [3.05, 3.63) is 125 Å². The third kappa shape index (κ3) is 5.59. The Kier molecular flexibility index (Phi) is 8.19. The Morgan fingerprint density at radius 2 is 1.82 bits per heavy atom. The Balaban J connectivity index is 1.52. The Hall–Kier alpha value is -4.14. The largest absolute Gasteiger partial charge is 0.493 e. The minimum atomic E-state index is -0.642. The van der Waals surface area contributed by atoms with E-state index in [0.717, 1.165) is 16.7 Å². The van der Waals surface area contributed by atoms with Crippen molar-refractivity contribution >= 4 is 35.0 Å². The van der Waals surface area contributed by atoms with Crippen molar-refractivity contribution < 1.29 is 19.0 Å². The zero-order valence-corrected chi connectivity index (χ0v) is 23.8. The Labute approximate surface area is 240 Å². The van der Waals surface area contributed by atoms with Crippen molar-refractivity contribution in [3.8, 4) is 11.5 Å². The molecule has 1 aliphatic rings. The molecule has 7 nitrogen and oxygen atoms in total. The molecule has 3 aromatic carbocycles. The molecule has 0 radical (unpaired) electrons. The Bertz CT molecular complexity index is 1760. The van der Waals surface area contributed by atoms with E-state index in [4.69, 9.17) is 25.8 Å². The molecule has 204 valence electrons. The van der Waals surface area contributed by atoms with Gasteiger partial charge in [-0.15, -0.1) is 0 Å². The summed E-state index contributed by atoms with van der Waals surface area (Å²) in [6.45, 7) is 4.10. The van der Waals surface area contributed by atoms with Crippen LogP contribution in [0.25, 0.3) is 6.08 Å². The van der Waals surface area contributed by atoms with E-state index < -0.39 is 12.0 Å². The van der Waals surface area contributed by atoms with Gasteiger partial charge in [-0.3, -0.25) is 9.36 Å². The van der Waals surface area contributed by atoms with E-state index >= 15 is 0 Å². The maximum absolute atomic E-state index is 13.8. The molecule has 0 aliphatic carbocycles. The number of allylic oxidation sites excluding steroid dienone is 1. The lowest BCUT2D eigenvalue weighted by atomic mass is 9.96. The zero-order valence-electron chi connectivity index (χ0n) is 22.2. The van der Waals surface area contributed by atoms with Crippen molar-refractivity contribution in [1.29, 1.82) is 0 Å². The molecule has 9 heteroatoms. The van der Waals surface area contributed by atoms with Crippen LogP contribution in [0.4, 0.5) is 0 Å². The van der Waals surface area contributed by atoms with Gasteiger partial charge in [-0.25, -0.2) is 9.79 Å². The van der Waals surface area contributed by atoms with E-state index in [1.54, 1.807) is 31.6 Å². The molecule has 0 bridgehead atoms. The summed E-state index contributed by atoms with van der Waals surface area (Å²) in [4.78, 5) is 31.9. The summed E-state index contributed by atoms with van der Waals surface area (Å²) < 4.78 is 18.9. The average Bonchev–Trinajstić information content (AvgIpc) is 3.26. The van der Waals surface area contributed by atoms with Crippen molar-refractivity contribution in [1.82, 2.24) is 4.57 Å². The summed E-state index contributed by atoms with van der Waals surface area (Å²) in [6, 6.07) is 21.7. The third-order valence-corrected chi connectivity index (χ3v) is 7.66. The van der Waals surface area contributed by atoms with Crippen LogP contribution in [0.1, 0.15) is 36.6 Å². The highest BCUT2D eigenvalue weighted by atomic mass is 35.5. The Morgan fingerprint density at radius 3 is 2.52 bits per heavy atom. The van der Waals surface area contributed by atoms with Gasteiger partial charge in [-0.05, 0) is 60.9 Å². The number of carbonyl (C=O) groups excluding carboxylic acids is 1. The second kappa shape index (κ2) is 11.9. The number of nitrogens with zero attached hydrogens (tertiary/aromatic N) is 2. The molecular formula is C31H27ClN2O5S. The van der Waals surface area contributed by atoms with Crippen LogP contribution >= 0.6 is 22.9 Å².